The van der Waals surface area contributed by atoms with Crippen LogP contribution < -0.4 is 0 Å². The van der Waals surface area contributed by atoms with Crippen LogP contribution in [0.3, 0.4) is 0 Å². The molecule has 1 fully saturated rings. The van der Waals surface area contributed by atoms with E-state index in [0.717, 1.165) is 31.4 Å². The van der Waals surface area contributed by atoms with Crippen LogP contribution in [-0.2, 0) is 4.79 Å². The van der Waals surface area contributed by atoms with Crippen LogP contribution in [0.1, 0.15) is 50.6 Å². The van der Waals surface area contributed by atoms with E-state index in [2.05, 4.69) is 10.1 Å². The van der Waals surface area contributed by atoms with Crippen molar-refractivity contribution in [1.29, 1.82) is 0 Å². The van der Waals surface area contributed by atoms with Gasteiger partial charge in [0.05, 0.1) is 0 Å². The second-order valence-electron chi connectivity index (χ2n) is 6.52. The molecule has 5 nitrogen and oxygen atoms in total. The van der Waals surface area contributed by atoms with Crippen LogP contribution in [0, 0.1) is 12.8 Å². The SMILES string of the molecule is Cc1ccc(-c2noc([C@@H]3CCCCN3C(=O)C(C)C)n2)cc1. The van der Waals surface area contributed by atoms with E-state index in [4.69, 9.17) is 4.52 Å². The zero-order valence-corrected chi connectivity index (χ0v) is 14.0. The van der Waals surface area contributed by atoms with E-state index in [9.17, 15) is 4.79 Å². The number of aromatic nitrogens is 2. The fourth-order valence-electron chi connectivity index (χ4n) is 2.97. The Morgan fingerprint density at radius 2 is 2.00 bits per heavy atom. The van der Waals surface area contributed by atoms with E-state index in [-0.39, 0.29) is 17.9 Å². The fraction of sp³-hybridized carbons (Fsp3) is 0.500. The van der Waals surface area contributed by atoms with Crippen molar-refractivity contribution >= 4 is 5.91 Å². The number of carbonyl (C=O) groups is 1. The molecule has 3 rings (SSSR count). The third-order valence-corrected chi connectivity index (χ3v) is 4.32. The summed E-state index contributed by atoms with van der Waals surface area (Å²) < 4.78 is 5.49. The van der Waals surface area contributed by atoms with Crippen LogP contribution >= 0.6 is 0 Å². The number of amides is 1. The van der Waals surface area contributed by atoms with Crippen molar-refractivity contribution in [2.24, 2.45) is 5.92 Å². The number of rotatable bonds is 3. The molecule has 1 atom stereocenters. The predicted molar refractivity (Wildman–Crippen MR) is 87.6 cm³/mol. The summed E-state index contributed by atoms with van der Waals surface area (Å²) in [6, 6.07) is 7.94. The molecule has 5 heteroatoms. The molecule has 122 valence electrons. The van der Waals surface area contributed by atoms with E-state index < -0.39 is 0 Å². The minimum Gasteiger partial charge on any atom is -0.337 e. The van der Waals surface area contributed by atoms with E-state index >= 15 is 0 Å². The summed E-state index contributed by atoms with van der Waals surface area (Å²) in [5, 5.41) is 4.11. The van der Waals surface area contributed by atoms with Crippen LogP contribution in [0.4, 0.5) is 0 Å². The molecule has 0 bridgehead atoms. The van der Waals surface area contributed by atoms with Crippen molar-refractivity contribution in [2.75, 3.05) is 6.54 Å². The lowest BCUT2D eigenvalue weighted by molar-refractivity contribution is -0.139. The topological polar surface area (TPSA) is 59.2 Å². The highest BCUT2D eigenvalue weighted by Crippen LogP contribution is 2.32. The van der Waals surface area contributed by atoms with Gasteiger partial charge in [-0.05, 0) is 26.2 Å². The van der Waals surface area contributed by atoms with Crippen molar-refractivity contribution in [2.45, 2.75) is 46.1 Å². The van der Waals surface area contributed by atoms with Crippen molar-refractivity contribution < 1.29 is 9.32 Å². The summed E-state index contributed by atoms with van der Waals surface area (Å²) in [6.45, 7) is 6.67. The summed E-state index contributed by atoms with van der Waals surface area (Å²) in [5.74, 6) is 1.27. The van der Waals surface area contributed by atoms with Gasteiger partial charge < -0.3 is 9.42 Å². The maximum Gasteiger partial charge on any atom is 0.249 e. The molecule has 1 aliphatic rings. The van der Waals surface area contributed by atoms with Crippen LogP contribution in [-0.4, -0.2) is 27.5 Å². The molecule has 0 spiro atoms. The van der Waals surface area contributed by atoms with Crippen molar-refractivity contribution in [1.82, 2.24) is 15.0 Å². The van der Waals surface area contributed by atoms with E-state index in [1.165, 1.54) is 5.56 Å². The zero-order valence-electron chi connectivity index (χ0n) is 14.0. The van der Waals surface area contributed by atoms with Gasteiger partial charge in [-0.15, -0.1) is 0 Å². The molecule has 0 aliphatic carbocycles. The van der Waals surface area contributed by atoms with Crippen LogP contribution in [0.5, 0.6) is 0 Å². The first-order chi connectivity index (χ1) is 11.1. The first-order valence-corrected chi connectivity index (χ1v) is 8.27. The summed E-state index contributed by atoms with van der Waals surface area (Å²) in [5.41, 5.74) is 2.13. The zero-order chi connectivity index (χ0) is 16.4. The van der Waals surface area contributed by atoms with Crippen LogP contribution in [0.2, 0.25) is 0 Å². The Bertz CT molecular complexity index is 676. The van der Waals surface area contributed by atoms with Gasteiger partial charge in [0, 0.05) is 18.0 Å². The van der Waals surface area contributed by atoms with Crippen molar-refractivity contribution in [3.63, 3.8) is 0 Å². The quantitative estimate of drug-likeness (QED) is 0.866. The Balaban J connectivity index is 1.85. The molecular weight excluding hydrogens is 290 g/mol. The molecule has 2 heterocycles. The van der Waals surface area contributed by atoms with Crippen molar-refractivity contribution in [3.8, 4) is 11.4 Å². The number of benzene rings is 1. The fourth-order valence-corrected chi connectivity index (χ4v) is 2.97. The maximum atomic E-state index is 12.4. The number of carbonyl (C=O) groups excluding carboxylic acids is 1. The second-order valence-corrected chi connectivity index (χ2v) is 6.52. The lowest BCUT2D eigenvalue weighted by Gasteiger charge is -2.34. The Kier molecular flexibility index (Phi) is 4.46. The third-order valence-electron chi connectivity index (χ3n) is 4.32. The molecular formula is C18H23N3O2. The number of piperidine rings is 1. The average molecular weight is 313 g/mol. The molecule has 2 aromatic rings. The monoisotopic (exact) mass is 313 g/mol. The molecule has 1 aromatic carbocycles. The van der Waals surface area contributed by atoms with E-state index in [1.54, 1.807) is 0 Å². The molecule has 1 amide bonds. The Morgan fingerprint density at radius 3 is 2.70 bits per heavy atom. The van der Waals surface area contributed by atoms with Gasteiger partial charge in [0.25, 0.3) is 0 Å². The summed E-state index contributed by atoms with van der Waals surface area (Å²) in [4.78, 5) is 18.9. The van der Waals surface area contributed by atoms with Gasteiger partial charge >= 0.3 is 0 Å². The molecule has 1 saturated heterocycles. The summed E-state index contributed by atoms with van der Waals surface area (Å²) in [7, 11) is 0. The predicted octanol–water partition coefficient (Wildman–Crippen LogP) is 3.75. The van der Waals surface area contributed by atoms with E-state index in [0.29, 0.717) is 11.7 Å². The Labute approximate surface area is 136 Å². The second kappa shape index (κ2) is 6.52. The van der Waals surface area contributed by atoms with Gasteiger partial charge in [0.1, 0.15) is 6.04 Å². The van der Waals surface area contributed by atoms with Gasteiger partial charge in [-0.3, -0.25) is 4.79 Å². The van der Waals surface area contributed by atoms with Gasteiger partial charge in [-0.25, -0.2) is 0 Å². The summed E-state index contributed by atoms with van der Waals surface area (Å²) >= 11 is 0. The molecule has 0 unspecified atom stereocenters. The molecule has 1 aromatic heterocycles. The highest BCUT2D eigenvalue weighted by Gasteiger charge is 2.33. The van der Waals surface area contributed by atoms with Gasteiger partial charge in [0.2, 0.25) is 17.6 Å². The Morgan fingerprint density at radius 1 is 1.26 bits per heavy atom. The number of likely N-dealkylation sites (tertiary alicyclic amines) is 1. The highest BCUT2D eigenvalue weighted by atomic mass is 16.5. The van der Waals surface area contributed by atoms with Gasteiger partial charge in [-0.2, -0.15) is 4.98 Å². The normalized spacial score (nSPS) is 18.4. The van der Waals surface area contributed by atoms with Crippen molar-refractivity contribution in [3.05, 3.63) is 35.7 Å². The van der Waals surface area contributed by atoms with E-state index in [1.807, 2.05) is 49.9 Å². The van der Waals surface area contributed by atoms with Gasteiger partial charge in [0.15, 0.2) is 0 Å². The number of hydrogen-bond donors (Lipinski definition) is 0. The third kappa shape index (κ3) is 3.28. The molecule has 0 saturated carbocycles. The molecule has 1 aliphatic heterocycles. The molecule has 0 N–H and O–H groups in total. The first kappa shape index (κ1) is 15.7. The standard InChI is InChI=1S/C18H23N3O2/c1-12(2)18(22)21-11-5-4-6-15(21)17-19-16(20-23-17)14-9-7-13(3)8-10-14/h7-10,12,15H,4-6,11H2,1-3H3/t15-/m0/s1. The van der Waals surface area contributed by atoms with Gasteiger partial charge in [-0.1, -0.05) is 48.8 Å². The first-order valence-electron chi connectivity index (χ1n) is 8.27. The lowest BCUT2D eigenvalue weighted by Crippen LogP contribution is -2.40. The summed E-state index contributed by atoms with van der Waals surface area (Å²) in [6.07, 6.45) is 3.00. The highest BCUT2D eigenvalue weighted by molar-refractivity contribution is 5.78. The van der Waals surface area contributed by atoms with Crippen LogP contribution in [0.25, 0.3) is 11.4 Å². The number of nitrogens with zero attached hydrogens (tertiary/aromatic N) is 3. The minimum absolute atomic E-state index is 0.0184. The molecule has 0 radical (unpaired) electrons. The minimum atomic E-state index is -0.0923. The average Bonchev–Trinajstić information content (AvgIpc) is 3.04. The number of aryl methyl sites for hydroxylation is 1. The lowest BCUT2D eigenvalue weighted by atomic mass is 10.00. The number of hydrogen-bond acceptors (Lipinski definition) is 4. The van der Waals surface area contributed by atoms with Crippen LogP contribution in [0.15, 0.2) is 28.8 Å². The maximum absolute atomic E-state index is 12.4. The molecule has 23 heavy (non-hydrogen) atoms. The largest absolute Gasteiger partial charge is 0.337 e. The Hall–Kier alpha value is -2.17. The smallest absolute Gasteiger partial charge is 0.249 e.